The second kappa shape index (κ2) is 8.71. The van der Waals surface area contributed by atoms with E-state index in [1.54, 1.807) is 10.9 Å². The van der Waals surface area contributed by atoms with Gasteiger partial charge in [-0.2, -0.15) is 5.10 Å². The highest BCUT2D eigenvalue weighted by Gasteiger charge is 2.03. The highest BCUT2D eigenvalue weighted by atomic mass is 16.5. The first kappa shape index (κ1) is 17.5. The van der Waals surface area contributed by atoms with E-state index in [1.807, 2.05) is 67.7 Å². The Hall–Kier alpha value is -3.28. The Morgan fingerprint density at radius 1 is 1.08 bits per heavy atom. The van der Waals surface area contributed by atoms with E-state index in [1.165, 1.54) is 5.56 Å². The van der Waals surface area contributed by atoms with Crippen molar-refractivity contribution in [2.45, 2.75) is 13.5 Å². The zero-order valence-electron chi connectivity index (χ0n) is 14.7. The van der Waals surface area contributed by atoms with E-state index in [4.69, 9.17) is 4.74 Å². The van der Waals surface area contributed by atoms with Gasteiger partial charge in [-0.15, -0.1) is 0 Å². The molecule has 1 aromatic heterocycles. The van der Waals surface area contributed by atoms with Gasteiger partial charge >= 0.3 is 6.03 Å². The van der Waals surface area contributed by atoms with Crippen molar-refractivity contribution in [3.63, 3.8) is 0 Å². The molecule has 6 nitrogen and oxygen atoms in total. The molecule has 0 radical (unpaired) electrons. The Balaban J connectivity index is 1.36. The summed E-state index contributed by atoms with van der Waals surface area (Å²) < 4.78 is 7.35. The number of urea groups is 1. The van der Waals surface area contributed by atoms with Gasteiger partial charge in [-0.25, -0.2) is 9.48 Å². The second-order valence-electron chi connectivity index (χ2n) is 5.90. The van der Waals surface area contributed by atoms with Gasteiger partial charge in [0.15, 0.2) is 0 Å². The van der Waals surface area contributed by atoms with Crippen molar-refractivity contribution in [1.29, 1.82) is 0 Å². The number of aryl methyl sites for hydroxylation is 1. The SMILES string of the molecule is Cc1ccc(OCCNC(=O)NCc2cnn(-c3ccccc3)c2)cc1. The number of amides is 2. The number of aromatic nitrogens is 2. The fourth-order valence-corrected chi connectivity index (χ4v) is 2.39. The molecule has 0 atom stereocenters. The van der Waals surface area contributed by atoms with Gasteiger partial charge in [0.25, 0.3) is 0 Å². The van der Waals surface area contributed by atoms with Gasteiger partial charge in [0.2, 0.25) is 0 Å². The molecule has 3 rings (SSSR count). The van der Waals surface area contributed by atoms with Crippen molar-refractivity contribution in [2.24, 2.45) is 0 Å². The number of rotatable bonds is 7. The van der Waals surface area contributed by atoms with Crippen molar-refractivity contribution in [3.8, 4) is 11.4 Å². The van der Waals surface area contributed by atoms with E-state index in [2.05, 4.69) is 15.7 Å². The fourth-order valence-electron chi connectivity index (χ4n) is 2.39. The Bertz CT molecular complexity index is 829. The van der Waals surface area contributed by atoms with Gasteiger partial charge in [0.1, 0.15) is 12.4 Å². The Morgan fingerprint density at radius 3 is 2.62 bits per heavy atom. The van der Waals surface area contributed by atoms with Crippen LogP contribution in [0.2, 0.25) is 0 Å². The lowest BCUT2D eigenvalue weighted by molar-refractivity contribution is 0.236. The van der Waals surface area contributed by atoms with Crippen LogP contribution in [0.4, 0.5) is 4.79 Å². The quantitative estimate of drug-likeness (QED) is 0.644. The molecule has 1 heterocycles. The van der Waals surface area contributed by atoms with Gasteiger partial charge in [0.05, 0.1) is 18.4 Å². The van der Waals surface area contributed by atoms with Gasteiger partial charge in [0, 0.05) is 18.3 Å². The van der Waals surface area contributed by atoms with E-state index in [9.17, 15) is 4.79 Å². The molecule has 0 spiro atoms. The maximum atomic E-state index is 11.8. The number of carbonyl (C=O) groups excluding carboxylic acids is 1. The number of hydrogen-bond donors (Lipinski definition) is 2. The normalized spacial score (nSPS) is 10.3. The van der Waals surface area contributed by atoms with Gasteiger partial charge in [-0.3, -0.25) is 0 Å². The van der Waals surface area contributed by atoms with Crippen LogP contribution in [0.3, 0.4) is 0 Å². The molecule has 0 unspecified atom stereocenters. The number of hydrogen-bond acceptors (Lipinski definition) is 3. The molecule has 2 N–H and O–H groups in total. The molecule has 0 saturated carbocycles. The topological polar surface area (TPSA) is 68.2 Å². The maximum Gasteiger partial charge on any atom is 0.315 e. The number of benzene rings is 2. The van der Waals surface area contributed by atoms with Crippen LogP contribution in [0.1, 0.15) is 11.1 Å². The first-order valence-electron chi connectivity index (χ1n) is 8.51. The minimum atomic E-state index is -0.232. The number of ether oxygens (including phenoxy) is 1. The number of carbonyl (C=O) groups is 1. The third kappa shape index (κ3) is 5.11. The van der Waals surface area contributed by atoms with Crippen molar-refractivity contribution in [2.75, 3.05) is 13.2 Å². The van der Waals surface area contributed by atoms with Crippen LogP contribution in [-0.2, 0) is 6.54 Å². The predicted molar refractivity (Wildman–Crippen MR) is 100 cm³/mol. The van der Waals surface area contributed by atoms with Crippen LogP contribution in [0.25, 0.3) is 5.69 Å². The molecular formula is C20H22N4O2. The summed E-state index contributed by atoms with van der Waals surface area (Å²) in [5.74, 6) is 0.797. The minimum absolute atomic E-state index is 0.232. The van der Waals surface area contributed by atoms with Crippen molar-refractivity contribution >= 4 is 6.03 Å². The highest BCUT2D eigenvalue weighted by Crippen LogP contribution is 2.10. The summed E-state index contributed by atoms with van der Waals surface area (Å²) in [6.07, 6.45) is 3.64. The van der Waals surface area contributed by atoms with Crippen molar-refractivity contribution in [1.82, 2.24) is 20.4 Å². The first-order valence-corrected chi connectivity index (χ1v) is 8.51. The molecule has 0 bridgehead atoms. The summed E-state index contributed by atoms with van der Waals surface area (Å²) in [6, 6.07) is 17.4. The summed E-state index contributed by atoms with van der Waals surface area (Å²) in [4.78, 5) is 11.8. The third-order valence-electron chi connectivity index (χ3n) is 3.79. The standard InChI is InChI=1S/C20H22N4O2/c1-16-7-9-19(10-8-16)26-12-11-21-20(25)22-13-17-14-23-24(15-17)18-5-3-2-4-6-18/h2-10,14-15H,11-13H2,1H3,(H2,21,22,25). The van der Waals surface area contributed by atoms with Crippen LogP contribution in [0, 0.1) is 6.92 Å². The Labute approximate surface area is 152 Å². The highest BCUT2D eigenvalue weighted by molar-refractivity contribution is 5.73. The second-order valence-corrected chi connectivity index (χ2v) is 5.90. The lowest BCUT2D eigenvalue weighted by atomic mass is 10.2. The summed E-state index contributed by atoms with van der Waals surface area (Å²) in [6.45, 7) is 3.29. The van der Waals surface area contributed by atoms with Gasteiger partial charge in [-0.1, -0.05) is 35.9 Å². The van der Waals surface area contributed by atoms with Crippen LogP contribution in [-0.4, -0.2) is 29.0 Å². The molecule has 26 heavy (non-hydrogen) atoms. The van der Waals surface area contributed by atoms with E-state index in [-0.39, 0.29) is 6.03 Å². The van der Waals surface area contributed by atoms with Crippen LogP contribution in [0.15, 0.2) is 67.0 Å². The molecule has 6 heteroatoms. The summed E-state index contributed by atoms with van der Waals surface area (Å²) >= 11 is 0. The molecule has 0 fully saturated rings. The monoisotopic (exact) mass is 350 g/mol. The summed E-state index contributed by atoms with van der Waals surface area (Å²) in [5, 5.41) is 9.89. The largest absolute Gasteiger partial charge is 0.492 e. The predicted octanol–water partition coefficient (Wildman–Crippen LogP) is 3.06. The fraction of sp³-hybridized carbons (Fsp3) is 0.200. The Morgan fingerprint density at radius 2 is 1.85 bits per heavy atom. The third-order valence-corrected chi connectivity index (χ3v) is 3.79. The van der Waals surface area contributed by atoms with Crippen LogP contribution < -0.4 is 15.4 Å². The van der Waals surface area contributed by atoms with Gasteiger partial charge in [-0.05, 0) is 31.2 Å². The van der Waals surface area contributed by atoms with E-state index < -0.39 is 0 Å². The van der Waals surface area contributed by atoms with Crippen molar-refractivity contribution < 1.29 is 9.53 Å². The lowest BCUT2D eigenvalue weighted by Crippen LogP contribution is -2.37. The summed E-state index contributed by atoms with van der Waals surface area (Å²) in [7, 11) is 0. The average molecular weight is 350 g/mol. The molecule has 3 aromatic rings. The zero-order valence-corrected chi connectivity index (χ0v) is 14.7. The number of nitrogens with one attached hydrogen (secondary N) is 2. The lowest BCUT2D eigenvalue weighted by Gasteiger charge is -2.08. The summed E-state index contributed by atoms with van der Waals surface area (Å²) in [5.41, 5.74) is 3.10. The molecule has 0 aliphatic rings. The molecule has 0 saturated heterocycles. The number of para-hydroxylation sites is 1. The smallest absolute Gasteiger partial charge is 0.315 e. The molecule has 0 aliphatic carbocycles. The zero-order chi connectivity index (χ0) is 18.2. The number of nitrogens with zero attached hydrogens (tertiary/aromatic N) is 2. The Kier molecular flexibility index (Phi) is 5.88. The van der Waals surface area contributed by atoms with E-state index in [0.717, 1.165) is 17.0 Å². The molecule has 2 amide bonds. The van der Waals surface area contributed by atoms with Crippen LogP contribution in [0.5, 0.6) is 5.75 Å². The molecule has 0 aliphatic heterocycles. The molecule has 134 valence electrons. The van der Waals surface area contributed by atoms with Gasteiger partial charge < -0.3 is 15.4 Å². The average Bonchev–Trinajstić information content (AvgIpc) is 3.15. The van der Waals surface area contributed by atoms with E-state index in [0.29, 0.717) is 19.7 Å². The maximum absolute atomic E-state index is 11.8. The molecular weight excluding hydrogens is 328 g/mol. The van der Waals surface area contributed by atoms with Crippen molar-refractivity contribution in [3.05, 3.63) is 78.1 Å². The molecule has 2 aromatic carbocycles. The minimum Gasteiger partial charge on any atom is -0.492 e. The first-order chi connectivity index (χ1) is 12.7. The van der Waals surface area contributed by atoms with Crippen LogP contribution >= 0.6 is 0 Å². The van der Waals surface area contributed by atoms with E-state index >= 15 is 0 Å².